The van der Waals surface area contributed by atoms with E-state index in [1.165, 1.54) is 4.21 Å². The lowest BCUT2D eigenvalue weighted by Gasteiger charge is -2.38. The Morgan fingerprint density at radius 2 is 1.96 bits per heavy atom. The van der Waals surface area contributed by atoms with Crippen LogP contribution < -0.4 is 4.90 Å². The lowest BCUT2D eigenvalue weighted by molar-refractivity contribution is -0.119. The van der Waals surface area contributed by atoms with E-state index in [2.05, 4.69) is 34.5 Å². The average Bonchev–Trinajstić information content (AvgIpc) is 3.17. The Kier molecular flexibility index (Phi) is 6.96. The predicted octanol–water partition coefficient (Wildman–Crippen LogP) is 4.75. The van der Waals surface area contributed by atoms with Gasteiger partial charge in [-0.2, -0.15) is 0 Å². The Balaban J connectivity index is 1.51. The van der Waals surface area contributed by atoms with Crippen molar-refractivity contribution in [3.05, 3.63) is 47.8 Å². The van der Waals surface area contributed by atoms with Crippen LogP contribution in [0.15, 0.2) is 52.1 Å². The summed E-state index contributed by atoms with van der Waals surface area (Å²) in [5.74, 6) is 1.37. The van der Waals surface area contributed by atoms with E-state index in [1.807, 2.05) is 53.1 Å². The van der Waals surface area contributed by atoms with Gasteiger partial charge in [0.15, 0.2) is 0 Å². The molecular weight excluding hydrogens is 348 g/mol. The monoisotopic (exact) mass is 374 g/mol. The number of rotatable bonds is 7. The molecule has 134 valence electrons. The van der Waals surface area contributed by atoms with Crippen molar-refractivity contribution in [1.82, 2.24) is 4.90 Å². The molecule has 2 aromatic rings. The van der Waals surface area contributed by atoms with E-state index in [4.69, 9.17) is 0 Å². The second-order valence-corrected chi connectivity index (χ2v) is 8.65. The van der Waals surface area contributed by atoms with Gasteiger partial charge in [-0.1, -0.05) is 31.2 Å². The van der Waals surface area contributed by atoms with Crippen LogP contribution in [0.2, 0.25) is 0 Å². The Hall–Kier alpha value is -1.30. The van der Waals surface area contributed by atoms with Crippen LogP contribution in [0.3, 0.4) is 0 Å². The minimum absolute atomic E-state index is 0.234. The number of nitrogens with zero attached hydrogens (tertiary/aromatic N) is 2. The summed E-state index contributed by atoms with van der Waals surface area (Å²) >= 11 is 3.76. The van der Waals surface area contributed by atoms with Gasteiger partial charge in [0.2, 0.25) is 5.91 Å². The quantitative estimate of drug-likeness (QED) is 0.654. The van der Waals surface area contributed by atoms with Gasteiger partial charge in [0.05, 0.1) is 4.21 Å². The molecule has 5 heteroatoms. The predicted molar refractivity (Wildman–Crippen MR) is 109 cm³/mol. The summed E-state index contributed by atoms with van der Waals surface area (Å²) in [5, 5.41) is 2.14. The molecule has 1 aromatic heterocycles. The number of hydrogen-bond donors (Lipinski definition) is 0. The molecule has 0 saturated carbocycles. The minimum Gasteiger partial charge on any atom is -0.309 e. The normalized spacial score (nSPS) is 16.0. The second kappa shape index (κ2) is 9.41. The fourth-order valence-electron chi connectivity index (χ4n) is 3.34. The summed E-state index contributed by atoms with van der Waals surface area (Å²) in [7, 11) is 0. The maximum Gasteiger partial charge on any atom is 0.226 e. The number of thiophene rings is 1. The van der Waals surface area contributed by atoms with Crippen LogP contribution in [0.25, 0.3) is 0 Å². The van der Waals surface area contributed by atoms with Crippen molar-refractivity contribution in [3.8, 4) is 0 Å². The molecule has 25 heavy (non-hydrogen) atoms. The van der Waals surface area contributed by atoms with Crippen LogP contribution >= 0.6 is 23.1 Å². The number of piperidine rings is 1. The maximum absolute atomic E-state index is 12.5. The molecule has 0 spiro atoms. The fraction of sp³-hybridized carbons (Fsp3) is 0.450. The molecule has 1 fully saturated rings. The van der Waals surface area contributed by atoms with Gasteiger partial charge in [0.25, 0.3) is 0 Å². The first kappa shape index (κ1) is 18.5. The molecular formula is C20H26N2OS2. The number of hydrogen-bond acceptors (Lipinski definition) is 4. The van der Waals surface area contributed by atoms with Crippen molar-refractivity contribution in [1.29, 1.82) is 0 Å². The zero-order valence-electron chi connectivity index (χ0n) is 14.8. The van der Waals surface area contributed by atoms with Gasteiger partial charge in [-0.25, -0.2) is 0 Å². The number of carbonyl (C=O) groups is 1. The highest BCUT2D eigenvalue weighted by Crippen LogP contribution is 2.26. The largest absolute Gasteiger partial charge is 0.309 e. The fourth-order valence-corrected chi connectivity index (χ4v) is 5.20. The van der Waals surface area contributed by atoms with Crippen molar-refractivity contribution in [2.45, 2.75) is 36.4 Å². The molecule has 1 aromatic carbocycles. The van der Waals surface area contributed by atoms with Gasteiger partial charge in [0, 0.05) is 43.5 Å². The van der Waals surface area contributed by atoms with E-state index in [-0.39, 0.29) is 5.91 Å². The molecule has 2 heterocycles. The van der Waals surface area contributed by atoms with Gasteiger partial charge < -0.3 is 9.80 Å². The first-order valence-electron chi connectivity index (χ1n) is 9.03. The summed E-state index contributed by atoms with van der Waals surface area (Å²) in [6.07, 6.45) is 2.68. The molecule has 0 unspecified atom stereocenters. The number of thioether (sulfide) groups is 1. The highest BCUT2D eigenvalue weighted by Gasteiger charge is 2.28. The summed E-state index contributed by atoms with van der Waals surface area (Å²) in [5.41, 5.74) is 1.04. The SMILES string of the molecule is CCC(=O)N(c1ccccc1)C1CCN(CCSc2cccs2)CC1. The Morgan fingerprint density at radius 3 is 2.60 bits per heavy atom. The van der Waals surface area contributed by atoms with Crippen molar-refractivity contribution in [3.63, 3.8) is 0 Å². The van der Waals surface area contributed by atoms with E-state index in [0.717, 1.165) is 43.9 Å². The Bertz CT molecular complexity index is 637. The van der Waals surface area contributed by atoms with Gasteiger partial charge in [0.1, 0.15) is 0 Å². The molecule has 1 saturated heterocycles. The lowest BCUT2D eigenvalue weighted by atomic mass is 10.0. The third kappa shape index (κ3) is 5.09. The van der Waals surface area contributed by atoms with Crippen LogP contribution in [0, 0.1) is 0 Å². The molecule has 0 radical (unpaired) electrons. The smallest absolute Gasteiger partial charge is 0.226 e. The first-order chi connectivity index (χ1) is 12.3. The van der Waals surface area contributed by atoms with E-state index in [0.29, 0.717) is 12.5 Å². The van der Waals surface area contributed by atoms with Crippen molar-refractivity contribution in [2.24, 2.45) is 0 Å². The van der Waals surface area contributed by atoms with Crippen molar-refractivity contribution >= 4 is 34.7 Å². The topological polar surface area (TPSA) is 23.6 Å². The van der Waals surface area contributed by atoms with Gasteiger partial charge in [-0.3, -0.25) is 4.79 Å². The van der Waals surface area contributed by atoms with Gasteiger partial charge in [-0.05, 0) is 36.4 Å². The first-order valence-corrected chi connectivity index (χ1v) is 10.9. The third-order valence-electron chi connectivity index (χ3n) is 4.67. The number of likely N-dealkylation sites (tertiary alicyclic amines) is 1. The highest BCUT2D eigenvalue weighted by molar-refractivity contribution is 8.01. The standard InChI is InChI=1S/C20H26N2OS2/c1-2-19(23)22(17-7-4-3-5-8-17)18-10-12-21(13-11-18)14-16-25-20-9-6-15-24-20/h3-9,15,18H,2,10-14,16H2,1H3. The maximum atomic E-state index is 12.5. The van der Waals surface area contributed by atoms with Crippen LogP contribution in [0.1, 0.15) is 26.2 Å². The second-order valence-electron chi connectivity index (χ2n) is 6.31. The highest BCUT2D eigenvalue weighted by atomic mass is 32.2. The number of benzene rings is 1. The molecule has 0 aliphatic carbocycles. The minimum atomic E-state index is 0.234. The molecule has 0 N–H and O–H groups in total. The molecule has 0 atom stereocenters. The molecule has 0 bridgehead atoms. The molecule has 1 aliphatic rings. The average molecular weight is 375 g/mol. The molecule has 3 nitrogen and oxygen atoms in total. The molecule has 1 aliphatic heterocycles. The Labute approximate surface area is 159 Å². The number of carbonyl (C=O) groups excluding carboxylic acids is 1. The summed E-state index contributed by atoms with van der Waals surface area (Å²) in [6, 6.07) is 14.8. The van der Waals surface area contributed by atoms with Crippen molar-refractivity contribution < 1.29 is 4.79 Å². The number of anilines is 1. The van der Waals surface area contributed by atoms with Crippen LogP contribution in [-0.2, 0) is 4.79 Å². The van der Waals surface area contributed by atoms with Gasteiger partial charge >= 0.3 is 0 Å². The summed E-state index contributed by atoms with van der Waals surface area (Å²) < 4.78 is 1.40. The van der Waals surface area contributed by atoms with Crippen LogP contribution in [0.5, 0.6) is 0 Å². The molecule has 1 amide bonds. The van der Waals surface area contributed by atoms with Crippen LogP contribution in [-0.4, -0.2) is 42.2 Å². The summed E-state index contributed by atoms with van der Waals surface area (Å²) in [4.78, 5) is 17.1. The molecule has 3 rings (SSSR count). The van der Waals surface area contributed by atoms with Crippen molar-refractivity contribution in [2.75, 3.05) is 30.3 Å². The number of para-hydroxylation sites is 1. The Morgan fingerprint density at radius 1 is 1.20 bits per heavy atom. The van der Waals surface area contributed by atoms with E-state index in [9.17, 15) is 4.79 Å². The lowest BCUT2D eigenvalue weighted by Crippen LogP contribution is -2.48. The van der Waals surface area contributed by atoms with E-state index < -0.39 is 0 Å². The van der Waals surface area contributed by atoms with E-state index in [1.54, 1.807) is 0 Å². The van der Waals surface area contributed by atoms with Crippen LogP contribution in [0.4, 0.5) is 5.69 Å². The number of amides is 1. The third-order valence-corrected chi connectivity index (χ3v) is 6.79. The van der Waals surface area contributed by atoms with E-state index >= 15 is 0 Å². The summed E-state index contributed by atoms with van der Waals surface area (Å²) in [6.45, 7) is 5.24. The zero-order valence-corrected chi connectivity index (χ0v) is 16.4. The van der Waals surface area contributed by atoms with Gasteiger partial charge in [-0.15, -0.1) is 23.1 Å². The zero-order chi connectivity index (χ0) is 17.5.